The topological polar surface area (TPSA) is 91.7 Å². The molecule has 0 bridgehead atoms. The summed E-state index contributed by atoms with van der Waals surface area (Å²) in [5.74, 6) is -1.39. The van der Waals surface area contributed by atoms with E-state index in [1.54, 1.807) is 11.0 Å². The van der Waals surface area contributed by atoms with E-state index in [-0.39, 0.29) is 24.0 Å². The van der Waals surface area contributed by atoms with Crippen molar-refractivity contribution >= 4 is 17.7 Å². The predicted molar refractivity (Wildman–Crippen MR) is 84.3 cm³/mol. The van der Waals surface area contributed by atoms with Gasteiger partial charge < -0.3 is 9.32 Å². The molecule has 2 aromatic rings. The Bertz CT molecular complexity index is 728. The number of nitrogens with one attached hydrogen (secondary N) is 2. The highest BCUT2D eigenvalue weighted by molar-refractivity contribution is 5.94. The van der Waals surface area contributed by atoms with Crippen LogP contribution in [0.15, 0.2) is 53.1 Å². The summed E-state index contributed by atoms with van der Waals surface area (Å²) < 4.78 is 4.93. The van der Waals surface area contributed by atoms with Gasteiger partial charge in [-0.05, 0) is 17.7 Å². The number of rotatable bonds is 4. The zero-order valence-electron chi connectivity index (χ0n) is 12.9. The second kappa shape index (κ2) is 6.99. The van der Waals surface area contributed by atoms with Gasteiger partial charge in [0.05, 0.1) is 12.2 Å². The molecule has 0 aliphatic carbocycles. The summed E-state index contributed by atoms with van der Waals surface area (Å²) in [5, 5.41) is 0. The van der Waals surface area contributed by atoms with E-state index in [0.29, 0.717) is 13.1 Å². The number of carbonyl (C=O) groups excluding carboxylic acids is 3. The summed E-state index contributed by atoms with van der Waals surface area (Å²) in [6.07, 6.45) is 1.50. The van der Waals surface area contributed by atoms with Crippen LogP contribution >= 0.6 is 0 Å². The number of hydrogen-bond acceptors (Lipinski definition) is 4. The molecule has 1 atom stereocenters. The Hall–Kier alpha value is -3.09. The van der Waals surface area contributed by atoms with Gasteiger partial charge in [0.2, 0.25) is 11.8 Å². The van der Waals surface area contributed by atoms with E-state index in [1.807, 2.05) is 30.3 Å². The lowest BCUT2D eigenvalue weighted by molar-refractivity contribution is -0.129. The third-order valence-corrected chi connectivity index (χ3v) is 3.85. The number of hydrogen-bond donors (Lipinski definition) is 2. The number of amides is 3. The molecule has 0 saturated carbocycles. The zero-order chi connectivity index (χ0) is 16.9. The van der Waals surface area contributed by atoms with Crippen molar-refractivity contribution in [2.75, 3.05) is 6.54 Å². The third-order valence-electron chi connectivity index (χ3n) is 3.85. The molecule has 7 heteroatoms. The number of nitrogens with zero attached hydrogens (tertiary/aromatic N) is 1. The van der Waals surface area contributed by atoms with Gasteiger partial charge in [0, 0.05) is 19.5 Å². The summed E-state index contributed by atoms with van der Waals surface area (Å²) in [5.41, 5.74) is 5.63. The van der Waals surface area contributed by atoms with Crippen LogP contribution in [0.25, 0.3) is 0 Å². The van der Waals surface area contributed by atoms with Crippen LogP contribution in [0, 0.1) is 5.92 Å². The minimum atomic E-state index is -0.543. The number of carbonyl (C=O) groups is 3. The summed E-state index contributed by atoms with van der Waals surface area (Å²) in [4.78, 5) is 37.5. The molecule has 2 N–H and O–H groups in total. The Morgan fingerprint density at radius 1 is 1.12 bits per heavy atom. The largest absolute Gasteiger partial charge is 0.459 e. The van der Waals surface area contributed by atoms with Gasteiger partial charge in [-0.1, -0.05) is 30.3 Å². The number of hydrazine groups is 1. The minimum absolute atomic E-state index is 0.0728. The van der Waals surface area contributed by atoms with Gasteiger partial charge in [0.25, 0.3) is 0 Å². The van der Waals surface area contributed by atoms with Crippen molar-refractivity contribution in [3.63, 3.8) is 0 Å². The van der Waals surface area contributed by atoms with E-state index in [2.05, 4.69) is 10.9 Å². The highest BCUT2D eigenvalue weighted by atomic mass is 16.3. The highest BCUT2D eigenvalue weighted by Gasteiger charge is 2.34. The average molecular weight is 327 g/mol. The number of furan rings is 1. The van der Waals surface area contributed by atoms with Gasteiger partial charge in [0.15, 0.2) is 5.76 Å². The molecule has 1 unspecified atom stereocenters. The first-order valence-corrected chi connectivity index (χ1v) is 7.59. The van der Waals surface area contributed by atoms with Gasteiger partial charge in [-0.2, -0.15) is 0 Å². The summed E-state index contributed by atoms with van der Waals surface area (Å²) in [6.45, 7) is 0.804. The maximum atomic E-state index is 12.1. The second-order valence-electron chi connectivity index (χ2n) is 5.58. The lowest BCUT2D eigenvalue weighted by atomic mass is 10.1. The van der Waals surface area contributed by atoms with E-state index >= 15 is 0 Å². The van der Waals surface area contributed by atoms with Gasteiger partial charge in [-0.25, -0.2) is 0 Å². The molecule has 24 heavy (non-hydrogen) atoms. The summed E-state index contributed by atoms with van der Waals surface area (Å²) in [6, 6.07) is 12.7. The molecule has 0 spiro atoms. The van der Waals surface area contributed by atoms with Crippen LogP contribution in [0.1, 0.15) is 22.5 Å². The maximum absolute atomic E-state index is 12.1. The van der Waals surface area contributed by atoms with Crippen molar-refractivity contribution in [3.8, 4) is 0 Å². The van der Waals surface area contributed by atoms with Gasteiger partial charge in [0.1, 0.15) is 0 Å². The Balaban J connectivity index is 1.51. The molecule has 1 aliphatic heterocycles. The molecular formula is C17H17N3O4. The smallest absolute Gasteiger partial charge is 0.305 e. The van der Waals surface area contributed by atoms with Crippen LogP contribution in [-0.2, 0) is 16.1 Å². The summed E-state index contributed by atoms with van der Waals surface area (Å²) >= 11 is 0. The lowest BCUT2D eigenvalue weighted by Crippen LogP contribution is -2.45. The Morgan fingerprint density at radius 3 is 2.62 bits per heavy atom. The molecule has 124 valence electrons. The van der Waals surface area contributed by atoms with Crippen molar-refractivity contribution in [1.29, 1.82) is 0 Å². The van der Waals surface area contributed by atoms with E-state index < -0.39 is 11.8 Å². The molecular weight excluding hydrogens is 310 g/mol. The monoisotopic (exact) mass is 327 g/mol. The predicted octanol–water partition coefficient (Wildman–Crippen LogP) is 1.09. The normalized spacial score (nSPS) is 16.9. The molecule has 1 fully saturated rings. The number of likely N-dealkylation sites (tertiary alicyclic amines) is 1. The van der Waals surface area contributed by atoms with Crippen LogP contribution in [-0.4, -0.2) is 29.2 Å². The van der Waals surface area contributed by atoms with Crippen molar-refractivity contribution in [1.82, 2.24) is 15.8 Å². The van der Waals surface area contributed by atoms with Crippen LogP contribution in [0.5, 0.6) is 0 Å². The zero-order valence-corrected chi connectivity index (χ0v) is 12.9. The Kier molecular flexibility index (Phi) is 4.60. The average Bonchev–Trinajstić information content (AvgIpc) is 3.24. The van der Waals surface area contributed by atoms with Crippen molar-refractivity contribution in [2.24, 2.45) is 5.92 Å². The fourth-order valence-corrected chi connectivity index (χ4v) is 2.59. The van der Waals surface area contributed by atoms with Gasteiger partial charge in [-0.15, -0.1) is 0 Å². The third kappa shape index (κ3) is 3.62. The standard InChI is InChI=1S/C17H17N3O4/c21-15-9-13(11-20(15)10-12-5-2-1-3-6-12)16(22)18-19-17(23)14-7-4-8-24-14/h1-8,13H,9-11H2,(H,18,22)(H,19,23). The van der Waals surface area contributed by atoms with Crippen LogP contribution in [0.3, 0.4) is 0 Å². The second-order valence-corrected chi connectivity index (χ2v) is 5.58. The van der Waals surface area contributed by atoms with Crippen molar-refractivity contribution in [3.05, 3.63) is 60.1 Å². The van der Waals surface area contributed by atoms with Crippen molar-refractivity contribution < 1.29 is 18.8 Å². The van der Waals surface area contributed by atoms with E-state index in [9.17, 15) is 14.4 Å². The van der Waals surface area contributed by atoms with Crippen molar-refractivity contribution in [2.45, 2.75) is 13.0 Å². The molecule has 1 aliphatic rings. The first kappa shape index (κ1) is 15.8. The molecule has 3 amide bonds. The number of benzene rings is 1. The van der Waals surface area contributed by atoms with E-state index in [0.717, 1.165) is 5.56 Å². The molecule has 2 heterocycles. The first-order valence-electron chi connectivity index (χ1n) is 7.59. The summed E-state index contributed by atoms with van der Waals surface area (Å²) in [7, 11) is 0. The van der Waals surface area contributed by atoms with Crippen LogP contribution in [0.4, 0.5) is 0 Å². The fourth-order valence-electron chi connectivity index (χ4n) is 2.59. The first-order chi connectivity index (χ1) is 11.6. The molecule has 1 aromatic heterocycles. The van der Waals surface area contributed by atoms with Gasteiger partial charge in [-0.3, -0.25) is 25.2 Å². The van der Waals surface area contributed by atoms with Crippen LogP contribution in [0.2, 0.25) is 0 Å². The molecule has 7 nitrogen and oxygen atoms in total. The highest BCUT2D eigenvalue weighted by Crippen LogP contribution is 2.20. The molecule has 1 saturated heterocycles. The quantitative estimate of drug-likeness (QED) is 0.822. The Morgan fingerprint density at radius 2 is 1.92 bits per heavy atom. The van der Waals surface area contributed by atoms with Gasteiger partial charge >= 0.3 is 5.91 Å². The molecule has 0 radical (unpaired) electrons. The SMILES string of the molecule is O=C(NNC(=O)C1CC(=O)N(Cc2ccccc2)C1)c1ccco1. The maximum Gasteiger partial charge on any atom is 0.305 e. The van der Waals surface area contributed by atoms with Crippen LogP contribution < -0.4 is 10.9 Å². The fraction of sp³-hybridized carbons (Fsp3) is 0.235. The van der Waals surface area contributed by atoms with E-state index in [4.69, 9.17) is 4.42 Å². The molecule has 1 aromatic carbocycles. The molecule has 3 rings (SSSR count). The lowest BCUT2D eigenvalue weighted by Gasteiger charge is -2.16. The Labute approximate surface area is 138 Å². The minimum Gasteiger partial charge on any atom is -0.459 e. The van der Waals surface area contributed by atoms with E-state index in [1.165, 1.54) is 12.3 Å².